The fourth-order valence-electron chi connectivity index (χ4n) is 2.83. The van der Waals surface area contributed by atoms with Gasteiger partial charge in [-0.25, -0.2) is 8.42 Å². The standard InChI is InChI=1S/C22H17BrClN3O3S/c23-18-8-10-20(11-9-18)31(29,30)27(14-17-5-1-2-7-21(17)24)15-22(28)26-19-6-3-4-16(12-19)13-25/h1-12H,14-15H2,(H,26,28). The largest absolute Gasteiger partial charge is 0.325 e. The molecule has 3 rings (SSSR count). The number of amides is 1. The van der Waals surface area contributed by atoms with Crippen molar-refractivity contribution in [3.05, 3.63) is 93.4 Å². The smallest absolute Gasteiger partial charge is 0.243 e. The molecule has 0 heterocycles. The van der Waals surface area contributed by atoms with Crippen LogP contribution in [0.2, 0.25) is 5.02 Å². The van der Waals surface area contributed by atoms with E-state index < -0.39 is 22.5 Å². The van der Waals surface area contributed by atoms with Crippen LogP contribution in [0.1, 0.15) is 11.1 Å². The van der Waals surface area contributed by atoms with Crippen molar-refractivity contribution in [1.82, 2.24) is 4.31 Å². The van der Waals surface area contributed by atoms with Crippen molar-refractivity contribution < 1.29 is 13.2 Å². The van der Waals surface area contributed by atoms with E-state index >= 15 is 0 Å². The number of carbonyl (C=O) groups excluding carboxylic acids is 1. The summed E-state index contributed by atoms with van der Waals surface area (Å²) in [5.74, 6) is -0.539. The number of carbonyl (C=O) groups is 1. The Balaban J connectivity index is 1.89. The second-order valence-electron chi connectivity index (χ2n) is 6.56. The molecule has 0 aliphatic heterocycles. The van der Waals surface area contributed by atoms with E-state index in [1.807, 2.05) is 6.07 Å². The van der Waals surface area contributed by atoms with E-state index in [2.05, 4.69) is 21.2 Å². The third kappa shape index (κ3) is 5.93. The molecule has 6 nitrogen and oxygen atoms in total. The van der Waals surface area contributed by atoms with Gasteiger partial charge in [0.25, 0.3) is 0 Å². The lowest BCUT2D eigenvalue weighted by Gasteiger charge is -2.22. The summed E-state index contributed by atoms with van der Waals surface area (Å²) in [6, 6.07) is 21.4. The van der Waals surface area contributed by atoms with E-state index in [0.29, 0.717) is 21.8 Å². The lowest BCUT2D eigenvalue weighted by atomic mass is 10.2. The third-order valence-electron chi connectivity index (χ3n) is 4.35. The highest BCUT2D eigenvalue weighted by atomic mass is 79.9. The molecule has 9 heteroatoms. The molecule has 0 bridgehead atoms. The summed E-state index contributed by atoms with van der Waals surface area (Å²) in [5.41, 5.74) is 1.36. The van der Waals surface area contributed by atoms with Crippen LogP contribution in [0, 0.1) is 11.3 Å². The zero-order valence-corrected chi connectivity index (χ0v) is 19.3. The number of anilines is 1. The Hall–Kier alpha value is -2.70. The molecule has 1 N–H and O–H groups in total. The number of nitrogens with one attached hydrogen (secondary N) is 1. The van der Waals surface area contributed by atoms with Crippen molar-refractivity contribution in [3.63, 3.8) is 0 Å². The first-order chi connectivity index (χ1) is 14.8. The maximum Gasteiger partial charge on any atom is 0.243 e. The number of hydrogen-bond acceptors (Lipinski definition) is 4. The first-order valence-corrected chi connectivity index (χ1v) is 11.7. The predicted molar refractivity (Wildman–Crippen MR) is 123 cm³/mol. The molecule has 1 amide bonds. The predicted octanol–water partition coefficient (Wildman–Crippen LogP) is 4.80. The number of rotatable bonds is 7. The van der Waals surface area contributed by atoms with Gasteiger partial charge in [-0.3, -0.25) is 4.79 Å². The lowest BCUT2D eigenvalue weighted by molar-refractivity contribution is -0.116. The number of sulfonamides is 1. The molecule has 0 unspecified atom stereocenters. The van der Waals surface area contributed by atoms with Gasteiger partial charge >= 0.3 is 0 Å². The minimum Gasteiger partial charge on any atom is -0.325 e. The van der Waals surface area contributed by atoms with Gasteiger partial charge in [0.15, 0.2) is 0 Å². The van der Waals surface area contributed by atoms with Crippen LogP contribution >= 0.6 is 27.5 Å². The van der Waals surface area contributed by atoms with E-state index in [-0.39, 0.29) is 11.4 Å². The average molecular weight is 519 g/mol. The van der Waals surface area contributed by atoms with Gasteiger partial charge in [0.2, 0.25) is 15.9 Å². The summed E-state index contributed by atoms with van der Waals surface area (Å²) >= 11 is 9.51. The van der Waals surface area contributed by atoms with E-state index in [4.69, 9.17) is 16.9 Å². The number of benzene rings is 3. The van der Waals surface area contributed by atoms with E-state index in [9.17, 15) is 13.2 Å². The molecule has 0 saturated heterocycles. The number of hydrogen-bond donors (Lipinski definition) is 1. The van der Waals surface area contributed by atoms with Crippen molar-refractivity contribution in [3.8, 4) is 6.07 Å². The van der Waals surface area contributed by atoms with Gasteiger partial charge in [-0.05, 0) is 54.1 Å². The molecule has 3 aromatic carbocycles. The number of halogens is 2. The molecule has 0 aliphatic carbocycles. The maximum atomic E-state index is 13.3. The zero-order valence-electron chi connectivity index (χ0n) is 16.1. The molecule has 0 radical (unpaired) electrons. The highest BCUT2D eigenvalue weighted by Crippen LogP contribution is 2.24. The molecular formula is C22H17BrClN3O3S. The van der Waals surface area contributed by atoms with E-state index in [1.165, 1.54) is 18.2 Å². The van der Waals surface area contributed by atoms with Gasteiger partial charge in [0.1, 0.15) is 0 Å². The van der Waals surface area contributed by atoms with Gasteiger partial charge in [-0.1, -0.05) is 51.8 Å². The van der Waals surface area contributed by atoms with Crippen LogP contribution in [0.4, 0.5) is 5.69 Å². The van der Waals surface area contributed by atoms with E-state index in [1.54, 1.807) is 54.6 Å². The van der Waals surface area contributed by atoms with Gasteiger partial charge < -0.3 is 5.32 Å². The van der Waals surface area contributed by atoms with Gasteiger partial charge in [0.05, 0.1) is 23.1 Å². The third-order valence-corrected chi connectivity index (χ3v) is 7.05. The summed E-state index contributed by atoms with van der Waals surface area (Å²) in [5, 5.41) is 12.1. The number of nitrogens with zero attached hydrogens (tertiary/aromatic N) is 2. The highest BCUT2D eigenvalue weighted by molar-refractivity contribution is 9.10. The first-order valence-electron chi connectivity index (χ1n) is 9.09. The molecule has 0 saturated carbocycles. The lowest BCUT2D eigenvalue weighted by Crippen LogP contribution is -2.37. The van der Waals surface area contributed by atoms with Crippen LogP contribution in [-0.2, 0) is 21.4 Å². The Labute approximate surface area is 194 Å². The van der Waals surface area contributed by atoms with Crippen LogP contribution in [0.25, 0.3) is 0 Å². The summed E-state index contributed by atoms with van der Waals surface area (Å²) in [6.07, 6.45) is 0. The Morgan fingerprint density at radius 3 is 2.45 bits per heavy atom. The minimum atomic E-state index is -3.99. The normalized spacial score (nSPS) is 11.2. The highest BCUT2D eigenvalue weighted by Gasteiger charge is 2.27. The molecule has 0 fully saturated rings. The molecule has 0 aliphatic rings. The van der Waals surface area contributed by atoms with Crippen molar-refractivity contribution in [1.29, 1.82) is 5.26 Å². The van der Waals surface area contributed by atoms with Crippen LogP contribution < -0.4 is 5.32 Å². The fraction of sp³-hybridized carbons (Fsp3) is 0.0909. The Morgan fingerprint density at radius 2 is 1.77 bits per heavy atom. The maximum absolute atomic E-state index is 13.3. The Kier molecular flexibility index (Phi) is 7.46. The van der Waals surface area contributed by atoms with Gasteiger partial charge in [-0.2, -0.15) is 9.57 Å². The summed E-state index contributed by atoms with van der Waals surface area (Å²) in [4.78, 5) is 12.7. The van der Waals surface area contributed by atoms with E-state index in [0.717, 1.165) is 8.78 Å². The summed E-state index contributed by atoms with van der Waals surface area (Å²) in [6.45, 7) is -0.510. The molecule has 0 spiro atoms. The van der Waals surface area contributed by atoms with Crippen LogP contribution in [0.15, 0.2) is 82.2 Å². The first kappa shape index (κ1) is 23.0. The molecule has 31 heavy (non-hydrogen) atoms. The van der Waals surface area contributed by atoms with Crippen LogP contribution in [0.3, 0.4) is 0 Å². The Bertz CT molecular complexity index is 1240. The quantitative estimate of drug-likeness (QED) is 0.486. The topological polar surface area (TPSA) is 90.3 Å². The average Bonchev–Trinajstić information content (AvgIpc) is 2.75. The SMILES string of the molecule is N#Cc1cccc(NC(=O)CN(Cc2ccccc2Cl)S(=O)(=O)c2ccc(Br)cc2)c1. The molecule has 0 atom stereocenters. The molecule has 158 valence electrons. The van der Waals surface area contributed by atoms with Crippen LogP contribution in [-0.4, -0.2) is 25.2 Å². The monoisotopic (exact) mass is 517 g/mol. The van der Waals surface area contributed by atoms with Gasteiger partial charge in [0, 0.05) is 21.7 Å². The molecule has 3 aromatic rings. The van der Waals surface area contributed by atoms with Crippen molar-refractivity contribution in [2.45, 2.75) is 11.4 Å². The second kappa shape index (κ2) is 10.1. The van der Waals surface area contributed by atoms with Crippen LogP contribution in [0.5, 0.6) is 0 Å². The van der Waals surface area contributed by atoms with Crippen molar-refractivity contribution >= 4 is 49.1 Å². The van der Waals surface area contributed by atoms with Crippen molar-refractivity contribution in [2.75, 3.05) is 11.9 Å². The van der Waals surface area contributed by atoms with Crippen molar-refractivity contribution in [2.24, 2.45) is 0 Å². The summed E-state index contributed by atoms with van der Waals surface area (Å²) < 4.78 is 28.4. The number of nitriles is 1. The minimum absolute atomic E-state index is 0.0574. The summed E-state index contributed by atoms with van der Waals surface area (Å²) in [7, 11) is -3.99. The fourth-order valence-corrected chi connectivity index (χ4v) is 4.66. The zero-order chi connectivity index (χ0) is 22.4. The molecular weight excluding hydrogens is 502 g/mol. The van der Waals surface area contributed by atoms with Gasteiger partial charge in [-0.15, -0.1) is 0 Å². The second-order valence-corrected chi connectivity index (χ2v) is 9.82. The Morgan fingerprint density at radius 1 is 1.06 bits per heavy atom. The molecule has 0 aromatic heterocycles.